The van der Waals surface area contributed by atoms with Crippen LogP contribution < -0.4 is 4.74 Å². The van der Waals surface area contributed by atoms with Gasteiger partial charge in [0.1, 0.15) is 11.5 Å². The monoisotopic (exact) mass is 249 g/mol. The van der Waals surface area contributed by atoms with E-state index in [1.54, 1.807) is 19.2 Å². The van der Waals surface area contributed by atoms with Crippen LogP contribution in [0.15, 0.2) is 23.2 Å². The minimum atomic E-state index is -0.529. The summed E-state index contributed by atoms with van der Waals surface area (Å²) in [5, 5.41) is 9.71. The predicted octanol–water partition coefficient (Wildman–Crippen LogP) is 2.78. The normalized spacial score (nSPS) is 11.8. The lowest BCUT2D eigenvalue weighted by Crippen LogP contribution is -2.28. The fourth-order valence-electron chi connectivity index (χ4n) is 1.22. The number of aromatic hydroxyl groups is 1. The SMILES string of the molecule is CCC(C)(C)C(=O)Oc1ccc(C=NC)c(O)c1. The Morgan fingerprint density at radius 2 is 2.17 bits per heavy atom. The zero-order valence-electron chi connectivity index (χ0n) is 11.2. The van der Waals surface area contributed by atoms with Gasteiger partial charge in [-0.05, 0) is 32.4 Å². The molecule has 0 saturated heterocycles. The second-order valence-corrected chi connectivity index (χ2v) is 4.73. The molecule has 0 heterocycles. The van der Waals surface area contributed by atoms with E-state index in [1.165, 1.54) is 12.3 Å². The van der Waals surface area contributed by atoms with E-state index in [-0.39, 0.29) is 11.7 Å². The molecule has 1 N–H and O–H groups in total. The molecule has 0 saturated carbocycles. The first kappa shape index (κ1) is 14.2. The number of carbonyl (C=O) groups is 1. The van der Waals surface area contributed by atoms with Gasteiger partial charge in [-0.25, -0.2) is 0 Å². The van der Waals surface area contributed by atoms with E-state index < -0.39 is 5.41 Å². The average molecular weight is 249 g/mol. The lowest BCUT2D eigenvalue weighted by Gasteiger charge is -2.20. The maximum absolute atomic E-state index is 11.9. The number of hydrogen-bond donors (Lipinski definition) is 1. The second kappa shape index (κ2) is 5.67. The van der Waals surface area contributed by atoms with Crippen LogP contribution in [0.2, 0.25) is 0 Å². The molecule has 0 atom stereocenters. The third kappa shape index (κ3) is 3.32. The van der Waals surface area contributed by atoms with Crippen LogP contribution in [0.5, 0.6) is 11.5 Å². The summed E-state index contributed by atoms with van der Waals surface area (Å²) >= 11 is 0. The van der Waals surface area contributed by atoms with Crippen LogP contribution in [-0.2, 0) is 4.79 Å². The number of aliphatic imine (C=N–C) groups is 1. The summed E-state index contributed by atoms with van der Waals surface area (Å²) in [6, 6.07) is 4.71. The van der Waals surface area contributed by atoms with Crippen LogP contribution in [0.3, 0.4) is 0 Å². The summed E-state index contributed by atoms with van der Waals surface area (Å²) in [5.41, 5.74) is 0.0613. The molecular weight excluding hydrogens is 230 g/mol. The Morgan fingerprint density at radius 3 is 2.67 bits per heavy atom. The van der Waals surface area contributed by atoms with Crippen molar-refractivity contribution in [3.05, 3.63) is 23.8 Å². The summed E-state index contributed by atoms with van der Waals surface area (Å²) < 4.78 is 5.24. The highest BCUT2D eigenvalue weighted by Crippen LogP contribution is 2.26. The first-order valence-corrected chi connectivity index (χ1v) is 5.88. The van der Waals surface area contributed by atoms with Gasteiger partial charge in [-0.3, -0.25) is 9.79 Å². The number of hydrogen-bond acceptors (Lipinski definition) is 4. The van der Waals surface area contributed by atoms with Gasteiger partial charge in [-0.1, -0.05) is 6.92 Å². The van der Waals surface area contributed by atoms with Crippen molar-refractivity contribution in [2.45, 2.75) is 27.2 Å². The molecule has 0 aliphatic heterocycles. The van der Waals surface area contributed by atoms with Gasteiger partial charge in [-0.15, -0.1) is 0 Å². The van der Waals surface area contributed by atoms with Crippen LogP contribution in [0.1, 0.15) is 32.8 Å². The molecule has 0 amide bonds. The number of rotatable bonds is 4. The Balaban J connectivity index is 2.87. The fourth-order valence-corrected chi connectivity index (χ4v) is 1.22. The van der Waals surface area contributed by atoms with Gasteiger partial charge >= 0.3 is 5.97 Å². The lowest BCUT2D eigenvalue weighted by atomic mass is 9.91. The van der Waals surface area contributed by atoms with E-state index in [9.17, 15) is 9.90 Å². The molecule has 98 valence electrons. The zero-order chi connectivity index (χ0) is 13.8. The van der Waals surface area contributed by atoms with Crippen LogP contribution in [0.25, 0.3) is 0 Å². The molecule has 0 radical (unpaired) electrons. The molecule has 4 nitrogen and oxygen atoms in total. The van der Waals surface area contributed by atoms with Gasteiger partial charge in [0.25, 0.3) is 0 Å². The predicted molar refractivity (Wildman–Crippen MR) is 71.3 cm³/mol. The molecule has 1 aromatic rings. The molecule has 1 aromatic carbocycles. The summed E-state index contributed by atoms with van der Waals surface area (Å²) in [6.45, 7) is 5.58. The van der Waals surface area contributed by atoms with Crippen LogP contribution >= 0.6 is 0 Å². The van der Waals surface area contributed by atoms with Gasteiger partial charge < -0.3 is 9.84 Å². The van der Waals surface area contributed by atoms with Crippen molar-refractivity contribution in [2.24, 2.45) is 10.4 Å². The van der Waals surface area contributed by atoms with E-state index >= 15 is 0 Å². The molecule has 1 rings (SSSR count). The van der Waals surface area contributed by atoms with E-state index in [0.717, 1.165) is 0 Å². The first-order chi connectivity index (χ1) is 8.40. The summed E-state index contributed by atoms with van der Waals surface area (Å²) in [5.74, 6) is 0.0776. The fraction of sp³-hybridized carbons (Fsp3) is 0.429. The maximum Gasteiger partial charge on any atom is 0.316 e. The Labute approximate surface area is 107 Å². The number of carbonyl (C=O) groups excluding carboxylic acids is 1. The van der Waals surface area contributed by atoms with Gasteiger partial charge in [0.15, 0.2) is 0 Å². The number of esters is 1. The number of ether oxygens (including phenoxy) is 1. The maximum atomic E-state index is 11.9. The molecule has 0 aromatic heterocycles. The van der Waals surface area contributed by atoms with Crippen molar-refractivity contribution in [1.82, 2.24) is 0 Å². The second-order valence-electron chi connectivity index (χ2n) is 4.73. The summed E-state index contributed by atoms with van der Waals surface area (Å²) in [4.78, 5) is 15.7. The molecule has 4 heteroatoms. The summed E-state index contributed by atoms with van der Waals surface area (Å²) in [6.07, 6.45) is 2.23. The number of benzene rings is 1. The zero-order valence-corrected chi connectivity index (χ0v) is 11.2. The molecule has 0 fully saturated rings. The van der Waals surface area contributed by atoms with E-state index in [2.05, 4.69) is 4.99 Å². The Kier molecular flexibility index (Phi) is 4.48. The van der Waals surface area contributed by atoms with Gasteiger partial charge in [-0.2, -0.15) is 0 Å². The molecule has 0 spiro atoms. The highest BCUT2D eigenvalue weighted by atomic mass is 16.5. The number of phenolic OH excluding ortho intramolecular Hbond substituents is 1. The highest BCUT2D eigenvalue weighted by Gasteiger charge is 2.27. The standard InChI is InChI=1S/C14H19NO3/c1-5-14(2,3)13(17)18-11-7-6-10(9-15-4)12(16)8-11/h6-9,16H,5H2,1-4H3. The van der Waals surface area contributed by atoms with Gasteiger partial charge in [0, 0.05) is 24.9 Å². The molecule has 18 heavy (non-hydrogen) atoms. The van der Waals surface area contributed by atoms with Crippen molar-refractivity contribution in [1.29, 1.82) is 0 Å². The molecule has 0 aliphatic carbocycles. The molecular formula is C14H19NO3. The molecule has 0 aliphatic rings. The topological polar surface area (TPSA) is 58.9 Å². The highest BCUT2D eigenvalue weighted by molar-refractivity contribution is 5.84. The number of nitrogens with zero attached hydrogens (tertiary/aromatic N) is 1. The van der Waals surface area contributed by atoms with E-state index in [4.69, 9.17) is 4.74 Å². The van der Waals surface area contributed by atoms with Crippen LogP contribution in [0.4, 0.5) is 0 Å². The molecule has 0 unspecified atom stereocenters. The van der Waals surface area contributed by atoms with Crippen molar-refractivity contribution < 1.29 is 14.6 Å². The summed E-state index contributed by atoms with van der Waals surface area (Å²) in [7, 11) is 1.62. The minimum absolute atomic E-state index is 0.0419. The number of phenols is 1. The molecule has 0 bridgehead atoms. The lowest BCUT2D eigenvalue weighted by molar-refractivity contribution is -0.144. The van der Waals surface area contributed by atoms with E-state index in [1.807, 2.05) is 20.8 Å². The van der Waals surface area contributed by atoms with Crippen molar-refractivity contribution >= 4 is 12.2 Å². The first-order valence-electron chi connectivity index (χ1n) is 5.88. The van der Waals surface area contributed by atoms with E-state index in [0.29, 0.717) is 17.7 Å². The largest absolute Gasteiger partial charge is 0.507 e. The van der Waals surface area contributed by atoms with Crippen molar-refractivity contribution in [3.8, 4) is 11.5 Å². The minimum Gasteiger partial charge on any atom is -0.507 e. The van der Waals surface area contributed by atoms with Gasteiger partial charge in [0.05, 0.1) is 5.41 Å². The smallest absolute Gasteiger partial charge is 0.316 e. The van der Waals surface area contributed by atoms with Crippen molar-refractivity contribution in [3.63, 3.8) is 0 Å². The quantitative estimate of drug-likeness (QED) is 0.507. The third-order valence-corrected chi connectivity index (χ3v) is 2.92. The van der Waals surface area contributed by atoms with Crippen molar-refractivity contribution in [2.75, 3.05) is 7.05 Å². The van der Waals surface area contributed by atoms with Crippen LogP contribution in [-0.4, -0.2) is 24.3 Å². The Bertz CT molecular complexity index is 464. The Hall–Kier alpha value is -1.84. The third-order valence-electron chi connectivity index (χ3n) is 2.92. The Morgan fingerprint density at radius 1 is 1.50 bits per heavy atom. The average Bonchev–Trinajstić information content (AvgIpc) is 2.32. The van der Waals surface area contributed by atoms with Gasteiger partial charge in [0.2, 0.25) is 0 Å². The van der Waals surface area contributed by atoms with Crippen LogP contribution in [0, 0.1) is 5.41 Å².